The highest BCUT2D eigenvalue weighted by Gasteiger charge is 2.15. The number of piperidine rings is 1. The third kappa shape index (κ3) is 4.63. The number of anilines is 1. The summed E-state index contributed by atoms with van der Waals surface area (Å²) in [5, 5.41) is 6.05. The molecule has 4 rings (SSSR count). The predicted octanol–water partition coefficient (Wildman–Crippen LogP) is 4.16. The van der Waals surface area contributed by atoms with Gasteiger partial charge in [0.2, 0.25) is 0 Å². The van der Waals surface area contributed by atoms with Crippen LogP contribution in [0.3, 0.4) is 0 Å². The van der Waals surface area contributed by atoms with Crippen LogP contribution >= 0.6 is 0 Å². The zero-order valence-corrected chi connectivity index (χ0v) is 17.0. The molecule has 2 aromatic rings. The lowest BCUT2D eigenvalue weighted by atomic mass is 10.1. The maximum absolute atomic E-state index is 5.01. The molecule has 2 aliphatic heterocycles. The zero-order valence-electron chi connectivity index (χ0n) is 17.0. The first-order valence-corrected chi connectivity index (χ1v) is 11.1. The molecule has 2 aliphatic rings. The standard InChI is InChI=1S/C22H35N5/c1-25-22-19(20(24-25)11-10-16-26-14-6-5-7-15-26)12-13-21(23-22)27-17-8-3-2-4-9-18-27/h12-13H,2-11,14-18H2,1H3. The summed E-state index contributed by atoms with van der Waals surface area (Å²) in [6, 6.07) is 4.49. The van der Waals surface area contributed by atoms with Gasteiger partial charge in [0.1, 0.15) is 5.82 Å². The zero-order chi connectivity index (χ0) is 18.5. The van der Waals surface area contributed by atoms with Crippen molar-refractivity contribution >= 4 is 16.9 Å². The van der Waals surface area contributed by atoms with Crippen LogP contribution in [-0.2, 0) is 13.5 Å². The van der Waals surface area contributed by atoms with Gasteiger partial charge in [-0.2, -0.15) is 5.10 Å². The van der Waals surface area contributed by atoms with Gasteiger partial charge in [-0.15, -0.1) is 0 Å². The summed E-state index contributed by atoms with van der Waals surface area (Å²) in [6.07, 6.45) is 13.1. The van der Waals surface area contributed by atoms with Crippen molar-refractivity contribution in [2.75, 3.05) is 37.6 Å². The molecular weight excluding hydrogens is 334 g/mol. The van der Waals surface area contributed by atoms with Crippen LogP contribution in [0.15, 0.2) is 12.1 Å². The number of aromatic nitrogens is 3. The molecule has 0 aliphatic carbocycles. The Morgan fingerprint density at radius 3 is 2.30 bits per heavy atom. The van der Waals surface area contributed by atoms with Crippen LogP contribution in [0.4, 0.5) is 5.82 Å². The van der Waals surface area contributed by atoms with Gasteiger partial charge in [0.15, 0.2) is 5.65 Å². The van der Waals surface area contributed by atoms with Gasteiger partial charge < -0.3 is 9.80 Å². The van der Waals surface area contributed by atoms with Crippen molar-refractivity contribution in [3.05, 3.63) is 17.8 Å². The minimum absolute atomic E-state index is 1.04. The molecule has 148 valence electrons. The van der Waals surface area contributed by atoms with Crippen molar-refractivity contribution in [2.45, 2.75) is 64.2 Å². The van der Waals surface area contributed by atoms with Crippen molar-refractivity contribution in [1.29, 1.82) is 0 Å². The molecule has 0 atom stereocenters. The van der Waals surface area contributed by atoms with Gasteiger partial charge in [0, 0.05) is 25.5 Å². The molecule has 0 saturated carbocycles. The minimum Gasteiger partial charge on any atom is -0.357 e. The second kappa shape index (κ2) is 9.05. The van der Waals surface area contributed by atoms with E-state index >= 15 is 0 Å². The number of hydrogen-bond acceptors (Lipinski definition) is 4. The van der Waals surface area contributed by atoms with E-state index in [2.05, 4.69) is 21.9 Å². The molecule has 0 amide bonds. The molecule has 4 heterocycles. The van der Waals surface area contributed by atoms with E-state index in [9.17, 15) is 0 Å². The lowest BCUT2D eigenvalue weighted by molar-refractivity contribution is 0.226. The molecule has 5 nitrogen and oxygen atoms in total. The van der Waals surface area contributed by atoms with E-state index in [1.54, 1.807) is 0 Å². The Kier molecular flexibility index (Phi) is 6.28. The summed E-state index contributed by atoms with van der Waals surface area (Å²) < 4.78 is 1.99. The SMILES string of the molecule is Cn1nc(CCCN2CCCCC2)c2ccc(N3CCCCCCC3)nc21. The number of rotatable bonds is 5. The molecule has 0 unspecified atom stereocenters. The Hall–Kier alpha value is -1.62. The summed E-state index contributed by atoms with van der Waals surface area (Å²) in [7, 11) is 2.04. The van der Waals surface area contributed by atoms with Gasteiger partial charge in [0.25, 0.3) is 0 Å². The molecule has 0 aromatic carbocycles. The van der Waals surface area contributed by atoms with Crippen LogP contribution in [0.25, 0.3) is 11.0 Å². The number of pyridine rings is 1. The fourth-order valence-corrected chi connectivity index (χ4v) is 4.68. The molecule has 2 aromatic heterocycles. The topological polar surface area (TPSA) is 37.2 Å². The van der Waals surface area contributed by atoms with E-state index in [4.69, 9.17) is 10.1 Å². The van der Waals surface area contributed by atoms with Gasteiger partial charge >= 0.3 is 0 Å². The molecule has 2 fully saturated rings. The van der Waals surface area contributed by atoms with E-state index in [1.165, 1.54) is 88.5 Å². The van der Waals surface area contributed by atoms with Gasteiger partial charge in [-0.05, 0) is 70.3 Å². The quantitative estimate of drug-likeness (QED) is 0.793. The van der Waals surface area contributed by atoms with E-state index in [0.717, 1.165) is 31.0 Å². The second-order valence-electron chi connectivity index (χ2n) is 8.37. The molecule has 0 spiro atoms. The highest BCUT2D eigenvalue weighted by atomic mass is 15.3. The Balaban J connectivity index is 1.43. The Bertz CT molecular complexity index is 724. The number of nitrogens with zero attached hydrogens (tertiary/aromatic N) is 5. The first-order valence-electron chi connectivity index (χ1n) is 11.1. The number of aryl methyl sites for hydroxylation is 2. The van der Waals surface area contributed by atoms with Crippen LogP contribution in [0.1, 0.15) is 63.5 Å². The van der Waals surface area contributed by atoms with E-state index < -0.39 is 0 Å². The third-order valence-corrected chi connectivity index (χ3v) is 6.27. The molecular formula is C22H35N5. The average Bonchev–Trinajstić information content (AvgIpc) is 2.98. The van der Waals surface area contributed by atoms with Gasteiger partial charge in [0.05, 0.1) is 5.69 Å². The van der Waals surface area contributed by atoms with Crippen LogP contribution in [-0.4, -0.2) is 52.4 Å². The first kappa shape index (κ1) is 18.7. The lowest BCUT2D eigenvalue weighted by Crippen LogP contribution is -2.30. The molecule has 0 N–H and O–H groups in total. The maximum Gasteiger partial charge on any atom is 0.160 e. The molecule has 0 radical (unpaired) electrons. The summed E-state index contributed by atoms with van der Waals surface area (Å²) in [6.45, 7) is 6.04. The monoisotopic (exact) mass is 369 g/mol. The summed E-state index contributed by atoms with van der Waals surface area (Å²) >= 11 is 0. The van der Waals surface area contributed by atoms with Crippen molar-refractivity contribution < 1.29 is 0 Å². The largest absolute Gasteiger partial charge is 0.357 e. The Labute approximate surface area is 163 Å². The van der Waals surface area contributed by atoms with Gasteiger partial charge in [-0.25, -0.2) is 4.98 Å². The van der Waals surface area contributed by atoms with Crippen molar-refractivity contribution in [3.8, 4) is 0 Å². The third-order valence-electron chi connectivity index (χ3n) is 6.27. The molecule has 2 saturated heterocycles. The van der Waals surface area contributed by atoms with E-state index in [1.807, 2.05) is 11.7 Å². The van der Waals surface area contributed by atoms with Crippen LogP contribution in [0.5, 0.6) is 0 Å². The minimum atomic E-state index is 1.04. The van der Waals surface area contributed by atoms with Crippen LogP contribution < -0.4 is 4.90 Å². The van der Waals surface area contributed by atoms with E-state index in [0.29, 0.717) is 0 Å². The first-order chi connectivity index (χ1) is 13.3. The highest BCUT2D eigenvalue weighted by Crippen LogP contribution is 2.24. The summed E-state index contributed by atoms with van der Waals surface area (Å²) in [5.74, 6) is 1.13. The van der Waals surface area contributed by atoms with Gasteiger partial charge in [-0.3, -0.25) is 4.68 Å². The van der Waals surface area contributed by atoms with E-state index in [-0.39, 0.29) is 0 Å². The number of likely N-dealkylation sites (tertiary alicyclic amines) is 1. The van der Waals surface area contributed by atoms with Crippen molar-refractivity contribution in [2.24, 2.45) is 7.05 Å². The maximum atomic E-state index is 5.01. The fraction of sp³-hybridized carbons (Fsp3) is 0.727. The van der Waals surface area contributed by atoms with Crippen molar-refractivity contribution in [1.82, 2.24) is 19.7 Å². The smallest absolute Gasteiger partial charge is 0.160 e. The highest BCUT2D eigenvalue weighted by molar-refractivity contribution is 5.80. The molecule has 5 heteroatoms. The number of hydrogen-bond donors (Lipinski definition) is 0. The van der Waals surface area contributed by atoms with Crippen LogP contribution in [0, 0.1) is 0 Å². The normalized spacial score (nSPS) is 20.0. The predicted molar refractivity (Wildman–Crippen MR) is 112 cm³/mol. The average molecular weight is 370 g/mol. The fourth-order valence-electron chi connectivity index (χ4n) is 4.68. The van der Waals surface area contributed by atoms with Crippen molar-refractivity contribution in [3.63, 3.8) is 0 Å². The second-order valence-corrected chi connectivity index (χ2v) is 8.37. The Morgan fingerprint density at radius 1 is 0.852 bits per heavy atom. The lowest BCUT2D eigenvalue weighted by Gasteiger charge is -2.26. The Morgan fingerprint density at radius 2 is 1.52 bits per heavy atom. The van der Waals surface area contributed by atoms with Gasteiger partial charge in [-0.1, -0.05) is 25.7 Å². The molecule has 0 bridgehead atoms. The summed E-state index contributed by atoms with van der Waals surface area (Å²) in [5.41, 5.74) is 2.26. The van der Waals surface area contributed by atoms with Crippen LogP contribution in [0.2, 0.25) is 0 Å². The summed E-state index contributed by atoms with van der Waals surface area (Å²) in [4.78, 5) is 10.1. The molecule has 27 heavy (non-hydrogen) atoms. The number of fused-ring (bicyclic) bond motifs is 1.